The highest BCUT2D eigenvalue weighted by Gasteiger charge is 2.18. The number of H-pyrrole nitrogens is 1. The molecule has 120 valence electrons. The number of aromatic hydroxyl groups is 1. The van der Waals surface area contributed by atoms with Crippen LogP contribution in [0.25, 0.3) is 0 Å². The minimum atomic E-state index is -0.851. The average Bonchev–Trinajstić information content (AvgIpc) is 2.39. The highest BCUT2D eigenvalue weighted by Crippen LogP contribution is 2.29. The molecule has 0 unspecified atom stereocenters. The Balaban J connectivity index is 2.60. The van der Waals surface area contributed by atoms with E-state index in [1.807, 2.05) is 32.9 Å². The van der Waals surface area contributed by atoms with Crippen molar-refractivity contribution in [2.24, 2.45) is 16.0 Å². The molecule has 1 aromatic heterocycles. The number of hydrogen-bond acceptors (Lipinski definition) is 5. The van der Waals surface area contributed by atoms with Crippen LogP contribution < -0.4 is 11.3 Å². The van der Waals surface area contributed by atoms with Crippen LogP contribution in [0.3, 0.4) is 0 Å². The number of hydrogen-bond donors (Lipinski definition) is 3. The Morgan fingerprint density at radius 1 is 1.09 bits per heavy atom. The molecule has 7 nitrogen and oxygen atoms in total. The average molecular weight is 314 g/mol. The van der Waals surface area contributed by atoms with Crippen LogP contribution in [0.5, 0.6) is 5.88 Å². The van der Waals surface area contributed by atoms with Gasteiger partial charge < -0.3 is 10.8 Å². The van der Waals surface area contributed by atoms with Gasteiger partial charge in [0.25, 0.3) is 11.5 Å². The van der Waals surface area contributed by atoms with E-state index >= 15 is 0 Å². The van der Waals surface area contributed by atoms with Crippen LogP contribution in [0, 0.1) is 27.7 Å². The highest BCUT2D eigenvalue weighted by molar-refractivity contribution is 5.97. The largest absolute Gasteiger partial charge is 0.494 e. The molecule has 0 aliphatic heterocycles. The van der Waals surface area contributed by atoms with Gasteiger partial charge in [0, 0.05) is 5.56 Å². The van der Waals surface area contributed by atoms with E-state index in [9.17, 15) is 14.7 Å². The van der Waals surface area contributed by atoms with Crippen LogP contribution in [0.2, 0.25) is 0 Å². The normalized spacial score (nSPS) is 11.1. The van der Waals surface area contributed by atoms with Crippen LogP contribution in [-0.2, 0) is 0 Å². The van der Waals surface area contributed by atoms with Crippen molar-refractivity contribution in [2.75, 3.05) is 0 Å². The van der Waals surface area contributed by atoms with Gasteiger partial charge in [-0.25, -0.2) is 0 Å². The molecule has 2 rings (SSSR count). The van der Waals surface area contributed by atoms with Crippen molar-refractivity contribution in [3.8, 4) is 5.88 Å². The number of benzene rings is 1. The number of nitrogens with two attached hydrogens (primary N) is 1. The second-order valence-electron chi connectivity index (χ2n) is 5.46. The van der Waals surface area contributed by atoms with Crippen molar-refractivity contribution in [1.82, 2.24) is 4.98 Å². The fourth-order valence-electron chi connectivity index (χ4n) is 2.55. The molecule has 0 bridgehead atoms. The van der Waals surface area contributed by atoms with E-state index in [0.29, 0.717) is 5.69 Å². The minimum Gasteiger partial charge on any atom is -0.494 e. The van der Waals surface area contributed by atoms with E-state index in [-0.39, 0.29) is 16.8 Å². The zero-order chi connectivity index (χ0) is 17.3. The Hall–Kier alpha value is -2.96. The summed E-state index contributed by atoms with van der Waals surface area (Å²) in [6.07, 6.45) is 0. The van der Waals surface area contributed by atoms with Gasteiger partial charge in [-0.1, -0.05) is 17.7 Å². The number of primary amides is 1. The van der Waals surface area contributed by atoms with Gasteiger partial charge in [0.15, 0.2) is 5.69 Å². The second-order valence-corrected chi connectivity index (χ2v) is 5.46. The molecular weight excluding hydrogens is 296 g/mol. The van der Waals surface area contributed by atoms with E-state index < -0.39 is 17.3 Å². The molecule has 0 spiro atoms. The maximum Gasteiger partial charge on any atom is 0.278 e. The van der Waals surface area contributed by atoms with Crippen molar-refractivity contribution in [2.45, 2.75) is 27.7 Å². The molecule has 0 atom stereocenters. The second kappa shape index (κ2) is 6.04. The molecule has 1 aromatic carbocycles. The third-order valence-electron chi connectivity index (χ3n) is 3.55. The smallest absolute Gasteiger partial charge is 0.278 e. The number of nitrogens with one attached hydrogen (secondary N) is 1. The van der Waals surface area contributed by atoms with E-state index in [1.165, 1.54) is 6.92 Å². The van der Waals surface area contributed by atoms with Crippen molar-refractivity contribution >= 4 is 17.3 Å². The van der Waals surface area contributed by atoms with Crippen LogP contribution in [0.4, 0.5) is 11.4 Å². The Morgan fingerprint density at radius 3 is 2.13 bits per heavy atom. The van der Waals surface area contributed by atoms with Gasteiger partial charge in [-0.3, -0.25) is 14.6 Å². The van der Waals surface area contributed by atoms with E-state index in [1.54, 1.807) is 0 Å². The summed E-state index contributed by atoms with van der Waals surface area (Å²) < 4.78 is 0. The number of carbonyl (C=O) groups is 1. The fourth-order valence-corrected chi connectivity index (χ4v) is 2.55. The Labute approximate surface area is 132 Å². The quantitative estimate of drug-likeness (QED) is 0.755. The highest BCUT2D eigenvalue weighted by atomic mass is 16.3. The SMILES string of the molecule is Cc1cc(C)c(N=Nc2c(C)c(C(N)=O)c(O)[nH]c2=O)c(C)c1. The first kappa shape index (κ1) is 16.4. The fraction of sp³-hybridized carbons (Fsp3) is 0.250. The predicted octanol–water partition coefficient (Wildman–Crippen LogP) is 2.83. The van der Waals surface area contributed by atoms with Crippen LogP contribution >= 0.6 is 0 Å². The van der Waals surface area contributed by atoms with Crippen LogP contribution in [0.15, 0.2) is 27.2 Å². The van der Waals surface area contributed by atoms with Crippen molar-refractivity contribution in [3.63, 3.8) is 0 Å². The lowest BCUT2D eigenvalue weighted by Gasteiger charge is -2.07. The molecule has 0 aliphatic rings. The third-order valence-corrected chi connectivity index (χ3v) is 3.55. The number of aromatic nitrogens is 1. The summed E-state index contributed by atoms with van der Waals surface area (Å²) >= 11 is 0. The molecule has 23 heavy (non-hydrogen) atoms. The number of carbonyl (C=O) groups excluding carboxylic acids is 1. The zero-order valence-electron chi connectivity index (χ0n) is 13.4. The first-order chi connectivity index (χ1) is 10.7. The minimum absolute atomic E-state index is 0.0593. The molecule has 1 amide bonds. The van der Waals surface area contributed by atoms with Crippen molar-refractivity contribution < 1.29 is 9.90 Å². The summed E-state index contributed by atoms with van der Waals surface area (Å²) in [6, 6.07) is 3.92. The number of azo groups is 1. The molecule has 0 aliphatic carbocycles. The van der Waals surface area contributed by atoms with E-state index in [4.69, 9.17) is 5.73 Å². The number of nitrogens with zero attached hydrogens (tertiary/aromatic N) is 2. The molecule has 0 fully saturated rings. The monoisotopic (exact) mass is 314 g/mol. The van der Waals surface area contributed by atoms with Crippen molar-refractivity contribution in [3.05, 3.63) is 50.3 Å². The van der Waals surface area contributed by atoms with Gasteiger partial charge in [0.2, 0.25) is 5.88 Å². The van der Waals surface area contributed by atoms with Gasteiger partial charge in [-0.15, -0.1) is 10.2 Å². The molecule has 2 aromatic rings. The summed E-state index contributed by atoms with van der Waals surface area (Å²) in [5.41, 5.74) is 8.14. The zero-order valence-corrected chi connectivity index (χ0v) is 13.4. The Bertz CT molecular complexity index is 859. The molecule has 0 radical (unpaired) electrons. The van der Waals surface area contributed by atoms with E-state index in [2.05, 4.69) is 15.2 Å². The first-order valence-corrected chi connectivity index (χ1v) is 6.97. The van der Waals surface area contributed by atoms with Gasteiger partial charge in [-0.05, 0) is 38.8 Å². The van der Waals surface area contributed by atoms with Gasteiger partial charge >= 0.3 is 0 Å². The van der Waals surface area contributed by atoms with Gasteiger partial charge in [0.05, 0.1) is 5.69 Å². The van der Waals surface area contributed by atoms with E-state index in [0.717, 1.165) is 16.7 Å². The first-order valence-electron chi connectivity index (χ1n) is 6.97. The molecule has 7 heteroatoms. The number of aromatic amines is 1. The maximum atomic E-state index is 12.0. The van der Waals surface area contributed by atoms with Crippen LogP contribution in [0.1, 0.15) is 32.6 Å². The lowest BCUT2D eigenvalue weighted by atomic mass is 10.1. The van der Waals surface area contributed by atoms with Gasteiger partial charge in [0.1, 0.15) is 5.56 Å². The molecule has 0 saturated carbocycles. The predicted molar refractivity (Wildman–Crippen MR) is 86.8 cm³/mol. The summed E-state index contributed by atoms with van der Waals surface area (Å²) in [5, 5.41) is 17.8. The lowest BCUT2D eigenvalue weighted by Crippen LogP contribution is -2.18. The van der Waals surface area contributed by atoms with Crippen molar-refractivity contribution in [1.29, 1.82) is 0 Å². The molecule has 0 saturated heterocycles. The lowest BCUT2D eigenvalue weighted by molar-refractivity contribution is 0.0996. The number of rotatable bonds is 3. The van der Waals surface area contributed by atoms with Crippen LogP contribution in [-0.4, -0.2) is 16.0 Å². The summed E-state index contributed by atoms with van der Waals surface area (Å²) in [4.78, 5) is 25.5. The molecule has 4 N–H and O–H groups in total. The standard InChI is InChI=1S/C16H18N4O3/c1-7-5-8(2)12(9(3)6-7)19-20-13-10(4)11(14(17)21)15(22)18-16(13)23/h5-6H,1-4H3,(H2,17,21)(H2,18,22,23). The third kappa shape index (κ3) is 3.13. The molecule has 1 heterocycles. The topological polar surface area (TPSA) is 121 Å². The Morgan fingerprint density at radius 2 is 1.61 bits per heavy atom. The summed E-state index contributed by atoms with van der Waals surface area (Å²) in [5.74, 6) is -1.42. The number of amides is 1. The van der Waals surface area contributed by atoms with Gasteiger partial charge in [-0.2, -0.15) is 0 Å². The maximum absolute atomic E-state index is 12.0. The summed E-state index contributed by atoms with van der Waals surface area (Å²) in [6.45, 7) is 7.27. The Kier molecular flexibility index (Phi) is 4.31. The summed E-state index contributed by atoms with van der Waals surface area (Å²) in [7, 11) is 0. The number of aryl methyl sites for hydroxylation is 3. The number of pyridine rings is 1. The molecular formula is C16H18N4O3.